The lowest BCUT2D eigenvalue weighted by Crippen LogP contribution is -2.33. The van der Waals surface area contributed by atoms with Gasteiger partial charge in [-0.3, -0.25) is 4.79 Å². The Kier molecular flexibility index (Phi) is 2.21. The third-order valence-corrected chi connectivity index (χ3v) is 2.80. The summed E-state index contributed by atoms with van der Waals surface area (Å²) in [5, 5.41) is 0. The number of carbonyl (C=O) groups excluding carboxylic acids is 1. The van der Waals surface area contributed by atoms with Crippen LogP contribution in [-0.2, 0) is 4.79 Å². The molecular formula is C11H15NO. The van der Waals surface area contributed by atoms with Crippen molar-refractivity contribution in [2.75, 3.05) is 6.54 Å². The van der Waals surface area contributed by atoms with E-state index in [-0.39, 0.29) is 5.91 Å². The Balaban J connectivity index is 2.19. The SMILES string of the molecule is C=C1CC2/C=C\CCCCN2C1=O. The van der Waals surface area contributed by atoms with E-state index < -0.39 is 0 Å². The van der Waals surface area contributed by atoms with Gasteiger partial charge in [0.25, 0.3) is 0 Å². The molecule has 0 radical (unpaired) electrons. The summed E-state index contributed by atoms with van der Waals surface area (Å²) >= 11 is 0. The maximum atomic E-state index is 11.6. The normalized spacial score (nSPS) is 31.1. The van der Waals surface area contributed by atoms with Crippen molar-refractivity contribution < 1.29 is 4.79 Å². The van der Waals surface area contributed by atoms with Gasteiger partial charge in [0.1, 0.15) is 0 Å². The molecule has 1 fully saturated rings. The molecule has 1 atom stereocenters. The standard InChI is InChI=1S/C11H15NO/c1-9-8-10-6-4-2-3-5-7-12(10)11(9)13/h4,6,10H,1-3,5,7-8H2/b6-4-. The maximum Gasteiger partial charge on any atom is 0.249 e. The van der Waals surface area contributed by atoms with Crippen molar-refractivity contribution in [3.63, 3.8) is 0 Å². The first-order chi connectivity index (χ1) is 6.29. The molecule has 2 rings (SSSR count). The van der Waals surface area contributed by atoms with Crippen LogP contribution in [0.3, 0.4) is 0 Å². The van der Waals surface area contributed by atoms with Gasteiger partial charge in [-0.25, -0.2) is 0 Å². The molecule has 1 amide bonds. The van der Waals surface area contributed by atoms with Gasteiger partial charge in [0.2, 0.25) is 5.91 Å². The molecule has 1 saturated heterocycles. The number of amides is 1. The number of carbonyl (C=O) groups is 1. The van der Waals surface area contributed by atoms with Crippen molar-refractivity contribution in [1.82, 2.24) is 4.90 Å². The molecule has 2 heterocycles. The van der Waals surface area contributed by atoms with E-state index in [1.807, 2.05) is 4.90 Å². The molecule has 0 N–H and O–H groups in total. The van der Waals surface area contributed by atoms with Crippen molar-refractivity contribution in [1.29, 1.82) is 0 Å². The third-order valence-electron chi connectivity index (χ3n) is 2.80. The van der Waals surface area contributed by atoms with E-state index in [2.05, 4.69) is 18.7 Å². The number of nitrogens with zero attached hydrogens (tertiary/aromatic N) is 1. The lowest BCUT2D eigenvalue weighted by atomic mass is 10.1. The van der Waals surface area contributed by atoms with Crippen molar-refractivity contribution >= 4 is 5.91 Å². The smallest absolute Gasteiger partial charge is 0.249 e. The average molecular weight is 177 g/mol. The highest BCUT2D eigenvalue weighted by Crippen LogP contribution is 2.25. The molecule has 2 nitrogen and oxygen atoms in total. The molecule has 2 aliphatic heterocycles. The zero-order valence-electron chi connectivity index (χ0n) is 7.83. The minimum absolute atomic E-state index is 0.163. The molecule has 70 valence electrons. The highest BCUT2D eigenvalue weighted by Gasteiger charge is 2.31. The molecule has 0 aromatic heterocycles. The van der Waals surface area contributed by atoms with Gasteiger partial charge in [-0.05, 0) is 19.3 Å². The summed E-state index contributed by atoms with van der Waals surface area (Å²) in [6, 6.07) is 0.306. The van der Waals surface area contributed by atoms with Crippen LogP contribution in [0.15, 0.2) is 24.3 Å². The molecule has 13 heavy (non-hydrogen) atoms. The van der Waals surface area contributed by atoms with E-state index >= 15 is 0 Å². The zero-order valence-corrected chi connectivity index (χ0v) is 7.83. The van der Waals surface area contributed by atoms with Crippen molar-refractivity contribution in [3.05, 3.63) is 24.3 Å². The molecule has 2 heteroatoms. The molecule has 0 aliphatic carbocycles. The fraction of sp³-hybridized carbons (Fsp3) is 0.545. The summed E-state index contributed by atoms with van der Waals surface area (Å²) < 4.78 is 0. The van der Waals surface area contributed by atoms with Gasteiger partial charge < -0.3 is 4.90 Å². The second-order valence-electron chi connectivity index (χ2n) is 3.80. The fourth-order valence-corrected chi connectivity index (χ4v) is 2.04. The molecular weight excluding hydrogens is 162 g/mol. The van der Waals surface area contributed by atoms with Crippen LogP contribution < -0.4 is 0 Å². The van der Waals surface area contributed by atoms with Crippen LogP contribution in [0.4, 0.5) is 0 Å². The first-order valence-electron chi connectivity index (χ1n) is 4.94. The van der Waals surface area contributed by atoms with Gasteiger partial charge in [0.15, 0.2) is 0 Å². The van der Waals surface area contributed by atoms with E-state index in [9.17, 15) is 4.79 Å². The van der Waals surface area contributed by atoms with Crippen LogP contribution in [0, 0.1) is 0 Å². The van der Waals surface area contributed by atoms with Gasteiger partial charge in [0, 0.05) is 18.5 Å². The minimum Gasteiger partial charge on any atom is -0.332 e. The Morgan fingerprint density at radius 3 is 3.15 bits per heavy atom. The summed E-state index contributed by atoms with van der Waals surface area (Å²) in [5.41, 5.74) is 0.775. The molecule has 0 saturated carbocycles. The molecule has 0 spiro atoms. The first kappa shape index (κ1) is 8.54. The summed E-state index contributed by atoms with van der Waals surface area (Å²) in [6.45, 7) is 4.71. The number of hydrogen-bond donors (Lipinski definition) is 0. The predicted octanol–water partition coefficient (Wildman–Crippen LogP) is 1.88. The maximum absolute atomic E-state index is 11.6. The molecule has 2 aliphatic rings. The fourth-order valence-electron chi connectivity index (χ4n) is 2.04. The van der Waals surface area contributed by atoms with E-state index in [0.717, 1.165) is 31.4 Å². The van der Waals surface area contributed by atoms with Crippen LogP contribution in [0.1, 0.15) is 25.7 Å². The summed E-state index contributed by atoms with van der Waals surface area (Å²) in [6.07, 6.45) is 8.66. The van der Waals surface area contributed by atoms with Gasteiger partial charge in [-0.15, -0.1) is 0 Å². The second-order valence-corrected chi connectivity index (χ2v) is 3.80. The van der Waals surface area contributed by atoms with Crippen molar-refractivity contribution in [3.8, 4) is 0 Å². The molecule has 1 unspecified atom stereocenters. The van der Waals surface area contributed by atoms with Gasteiger partial charge in [0.05, 0.1) is 6.04 Å². The summed E-state index contributed by atoms with van der Waals surface area (Å²) in [4.78, 5) is 13.6. The lowest BCUT2D eigenvalue weighted by molar-refractivity contribution is -0.125. The predicted molar refractivity (Wildman–Crippen MR) is 52.2 cm³/mol. The lowest BCUT2D eigenvalue weighted by Gasteiger charge is -2.23. The Labute approximate surface area is 78.9 Å². The summed E-state index contributed by atoms with van der Waals surface area (Å²) in [5.74, 6) is 0.163. The molecule has 0 bridgehead atoms. The third kappa shape index (κ3) is 1.53. The van der Waals surface area contributed by atoms with Gasteiger partial charge in [-0.1, -0.05) is 18.7 Å². The average Bonchev–Trinajstić information content (AvgIpc) is 2.31. The largest absolute Gasteiger partial charge is 0.332 e. The van der Waals surface area contributed by atoms with Gasteiger partial charge in [-0.2, -0.15) is 0 Å². The number of allylic oxidation sites excluding steroid dienone is 1. The first-order valence-corrected chi connectivity index (χ1v) is 4.94. The summed E-state index contributed by atoms with van der Waals surface area (Å²) in [7, 11) is 0. The highest BCUT2D eigenvalue weighted by atomic mass is 16.2. The van der Waals surface area contributed by atoms with E-state index in [0.29, 0.717) is 6.04 Å². The number of rotatable bonds is 0. The monoisotopic (exact) mass is 177 g/mol. The number of fused-ring (bicyclic) bond motifs is 1. The van der Waals surface area contributed by atoms with Crippen LogP contribution in [0.2, 0.25) is 0 Å². The Hall–Kier alpha value is -1.05. The minimum atomic E-state index is 0.163. The van der Waals surface area contributed by atoms with Gasteiger partial charge >= 0.3 is 0 Å². The highest BCUT2D eigenvalue weighted by molar-refractivity contribution is 5.95. The van der Waals surface area contributed by atoms with Crippen LogP contribution in [-0.4, -0.2) is 23.4 Å². The molecule has 0 aromatic rings. The Morgan fingerprint density at radius 2 is 2.31 bits per heavy atom. The Bertz CT molecular complexity index is 267. The second kappa shape index (κ2) is 3.36. The van der Waals surface area contributed by atoms with Crippen LogP contribution >= 0.6 is 0 Å². The number of hydrogen-bond acceptors (Lipinski definition) is 1. The van der Waals surface area contributed by atoms with E-state index in [4.69, 9.17) is 0 Å². The van der Waals surface area contributed by atoms with Crippen molar-refractivity contribution in [2.45, 2.75) is 31.7 Å². The molecule has 0 aromatic carbocycles. The quantitative estimate of drug-likeness (QED) is 0.408. The van der Waals surface area contributed by atoms with E-state index in [1.165, 1.54) is 6.42 Å². The van der Waals surface area contributed by atoms with Crippen LogP contribution in [0.5, 0.6) is 0 Å². The zero-order chi connectivity index (χ0) is 9.26. The topological polar surface area (TPSA) is 20.3 Å². The van der Waals surface area contributed by atoms with Crippen LogP contribution in [0.25, 0.3) is 0 Å². The Morgan fingerprint density at radius 1 is 1.46 bits per heavy atom. The van der Waals surface area contributed by atoms with E-state index in [1.54, 1.807) is 0 Å². The van der Waals surface area contributed by atoms with Crippen molar-refractivity contribution in [2.24, 2.45) is 0 Å².